The van der Waals surface area contributed by atoms with Crippen LogP contribution in [0.25, 0.3) is 0 Å². The van der Waals surface area contributed by atoms with Crippen molar-refractivity contribution in [2.24, 2.45) is 5.41 Å². The highest BCUT2D eigenvalue weighted by molar-refractivity contribution is 5.39. The largest absolute Gasteiger partial charge is 0.496 e. The lowest BCUT2D eigenvalue weighted by Gasteiger charge is -2.18. The molecule has 0 saturated heterocycles. The zero-order chi connectivity index (χ0) is 12.2. The Balaban J connectivity index is 2.52. The Labute approximate surface area is 98.6 Å². The van der Waals surface area contributed by atoms with E-state index in [0.717, 1.165) is 30.1 Å². The molecule has 2 nitrogen and oxygen atoms in total. The third-order valence-electron chi connectivity index (χ3n) is 2.49. The molecule has 0 aliphatic carbocycles. The minimum absolute atomic E-state index is 0.321. The van der Waals surface area contributed by atoms with Crippen LogP contribution in [0.2, 0.25) is 0 Å². The van der Waals surface area contributed by atoms with Gasteiger partial charge in [-0.3, -0.25) is 0 Å². The van der Waals surface area contributed by atoms with E-state index in [1.807, 2.05) is 25.1 Å². The van der Waals surface area contributed by atoms with E-state index in [4.69, 9.17) is 9.47 Å². The van der Waals surface area contributed by atoms with Crippen molar-refractivity contribution in [3.8, 4) is 11.5 Å². The normalized spacial score (nSPS) is 11.3. The molecule has 0 fully saturated rings. The van der Waals surface area contributed by atoms with Crippen LogP contribution in [-0.2, 0) is 0 Å². The van der Waals surface area contributed by atoms with Crippen molar-refractivity contribution in [1.29, 1.82) is 0 Å². The van der Waals surface area contributed by atoms with Gasteiger partial charge in [0.2, 0.25) is 0 Å². The molecule has 0 amide bonds. The van der Waals surface area contributed by atoms with E-state index in [-0.39, 0.29) is 0 Å². The van der Waals surface area contributed by atoms with Gasteiger partial charge in [0.25, 0.3) is 0 Å². The van der Waals surface area contributed by atoms with Gasteiger partial charge in [-0.1, -0.05) is 20.8 Å². The van der Waals surface area contributed by atoms with E-state index in [1.165, 1.54) is 0 Å². The lowest BCUT2D eigenvalue weighted by molar-refractivity contribution is 0.242. The average Bonchev–Trinajstić information content (AvgIpc) is 2.16. The van der Waals surface area contributed by atoms with Gasteiger partial charge in [0.05, 0.1) is 13.7 Å². The summed E-state index contributed by atoms with van der Waals surface area (Å²) in [6.07, 6.45) is 1.05. The van der Waals surface area contributed by atoms with Crippen LogP contribution in [0.5, 0.6) is 11.5 Å². The second-order valence-electron chi connectivity index (χ2n) is 5.29. The molecule has 1 rings (SSSR count). The van der Waals surface area contributed by atoms with E-state index in [2.05, 4.69) is 20.8 Å². The summed E-state index contributed by atoms with van der Waals surface area (Å²) >= 11 is 0. The Bertz CT molecular complexity index is 337. The van der Waals surface area contributed by atoms with Crippen LogP contribution in [0.1, 0.15) is 32.8 Å². The summed E-state index contributed by atoms with van der Waals surface area (Å²) in [6.45, 7) is 9.44. The zero-order valence-electron chi connectivity index (χ0n) is 11.0. The molecular weight excluding hydrogens is 200 g/mol. The van der Waals surface area contributed by atoms with Crippen molar-refractivity contribution in [1.82, 2.24) is 0 Å². The molecular formula is C14H22O2. The summed E-state index contributed by atoms with van der Waals surface area (Å²) in [5, 5.41) is 0. The maximum atomic E-state index is 5.71. The van der Waals surface area contributed by atoms with Crippen LogP contribution in [0, 0.1) is 12.3 Å². The number of methoxy groups -OCH3 is 1. The predicted octanol–water partition coefficient (Wildman–Crippen LogP) is 3.82. The van der Waals surface area contributed by atoms with E-state index in [9.17, 15) is 0 Å². The quantitative estimate of drug-likeness (QED) is 0.771. The molecule has 0 spiro atoms. The van der Waals surface area contributed by atoms with E-state index in [1.54, 1.807) is 7.11 Å². The fraction of sp³-hybridized carbons (Fsp3) is 0.571. The van der Waals surface area contributed by atoms with Crippen molar-refractivity contribution < 1.29 is 9.47 Å². The summed E-state index contributed by atoms with van der Waals surface area (Å²) in [7, 11) is 1.68. The van der Waals surface area contributed by atoms with Crippen LogP contribution in [0.4, 0.5) is 0 Å². The van der Waals surface area contributed by atoms with E-state index in [0.29, 0.717) is 5.41 Å². The molecule has 16 heavy (non-hydrogen) atoms. The first-order valence-corrected chi connectivity index (χ1v) is 5.70. The van der Waals surface area contributed by atoms with Gasteiger partial charge in [-0.2, -0.15) is 0 Å². The number of hydrogen-bond acceptors (Lipinski definition) is 2. The van der Waals surface area contributed by atoms with Crippen LogP contribution in [0.15, 0.2) is 18.2 Å². The van der Waals surface area contributed by atoms with Crippen LogP contribution >= 0.6 is 0 Å². The first-order valence-electron chi connectivity index (χ1n) is 5.70. The van der Waals surface area contributed by atoms with Crippen LogP contribution in [0.3, 0.4) is 0 Å². The summed E-state index contributed by atoms with van der Waals surface area (Å²) in [5.74, 6) is 1.82. The van der Waals surface area contributed by atoms with Gasteiger partial charge in [0, 0.05) is 0 Å². The highest BCUT2D eigenvalue weighted by atomic mass is 16.5. The molecule has 0 aliphatic rings. The van der Waals surface area contributed by atoms with Gasteiger partial charge < -0.3 is 9.47 Å². The van der Waals surface area contributed by atoms with E-state index < -0.39 is 0 Å². The Morgan fingerprint density at radius 2 is 1.88 bits per heavy atom. The van der Waals surface area contributed by atoms with Crippen molar-refractivity contribution >= 4 is 0 Å². The smallest absolute Gasteiger partial charge is 0.122 e. The fourth-order valence-electron chi connectivity index (χ4n) is 1.42. The van der Waals surface area contributed by atoms with Gasteiger partial charge in [-0.15, -0.1) is 0 Å². The van der Waals surface area contributed by atoms with Crippen LogP contribution in [-0.4, -0.2) is 13.7 Å². The average molecular weight is 222 g/mol. The number of aryl methyl sites for hydroxylation is 1. The molecule has 0 unspecified atom stereocenters. The Hall–Kier alpha value is -1.18. The first kappa shape index (κ1) is 12.9. The topological polar surface area (TPSA) is 18.5 Å². The molecule has 0 atom stereocenters. The van der Waals surface area contributed by atoms with Crippen molar-refractivity contribution in [3.63, 3.8) is 0 Å². The number of ether oxygens (including phenoxy) is 2. The summed E-state index contributed by atoms with van der Waals surface area (Å²) in [5.41, 5.74) is 1.43. The monoisotopic (exact) mass is 222 g/mol. The van der Waals surface area contributed by atoms with Gasteiger partial charge in [0.1, 0.15) is 11.5 Å². The molecule has 0 saturated carbocycles. The van der Waals surface area contributed by atoms with Gasteiger partial charge in [0.15, 0.2) is 0 Å². The van der Waals surface area contributed by atoms with Gasteiger partial charge >= 0.3 is 0 Å². The maximum absolute atomic E-state index is 5.71. The standard InChI is InChI=1S/C14H22O2/c1-11-10-12(6-7-13(11)15-5)16-9-8-14(2,3)4/h6-7,10H,8-9H2,1-5H3. The molecule has 0 aromatic heterocycles. The van der Waals surface area contributed by atoms with E-state index >= 15 is 0 Å². The van der Waals surface area contributed by atoms with Crippen LogP contribution < -0.4 is 9.47 Å². The minimum atomic E-state index is 0.321. The first-order chi connectivity index (χ1) is 7.42. The number of rotatable bonds is 4. The SMILES string of the molecule is COc1ccc(OCCC(C)(C)C)cc1C. The van der Waals surface area contributed by atoms with Crippen molar-refractivity contribution in [2.45, 2.75) is 34.1 Å². The summed E-state index contributed by atoms with van der Waals surface area (Å²) in [4.78, 5) is 0. The second kappa shape index (κ2) is 5.24. The molecule has 0 heterocycles. The second-order valence-corrected chi connectivity index (χ2v) is 5.29. The van der Waals surface area contributed by atoms with Gasteiger partial charge in [-0.05, 0) is 42.5 Å². The number of hydrogen-bond donors (Lipinski definition) is 0. The lowest BCUT2D eigenvalue weighted by atomic mass is 9.93. The minimum Gasteiger partial charge on any atom is -0.496 e. The highest BCUT2D eigenvalue weighted by Crippen LogP contribution is 2.24. The molecule has 0 N–H and O–H groups in total. The Morgan fingerprint density at radius 1 is 1.19 bits per heavy atom. The summed E-state index contributed by atoms with van der Waals surface area (Å²) in [6, 6.07) is 5.91. The molecule has 0 aliphatic heterocycles. The Kier molecular flexibility index (Phi) is 4.22. The third kappa shape index (κ3) is 4.13. The number of benzene rings is 1. The van der Waals surface area contributed by atoms with Gasteiger partial charge in [-0.25, -0.2) is 0 Å². The highest BCUT2D eigenvalue weighted by Gasteiger charge is 2.10. The zero-order valence-corrected chi connectivity index (χ0v) is 11.0. The maximum Gasteiger partial charge on any atom is 0.122 e. The van der Waals surface area contributed by atoms with Crippen molar-refractivity contribution in [2.75, 3.05) is 13.7 Å². The Morgan fingerprint density at radius 3 is 2.38 bits per heavy atom. The molecule has 1 aromatic carbocycles. The molecule has 0 bridgehead atoms. The fourth-order valence-corrected chi connectivity index (χ4v) is 1.42. The molecule has 1 aromatic rings. The van der Waals surface area contributed by atoms with Crippen molar-refractivity contribution in [3.05, 3.63) is 23.8 Å². The third-order valence-corrected chi connectivity index (χ3v) is 2.49. The summed E-state index contributed by atoms with van der Waals surface area (Å²) < 4.78 is 10.9. The molecule has 2 heteroatoms. The molecule has 0 radical (unpaired) electrons. The molecule has 90 valence electrons. The lowest BCUT2D eigenvalue weighted by Crippen LogP contribution is -2.11. The predicted molar refractivity (Wildman–Crippen MR) is 67.3 cm³/mol.